The molecular weight excluding hydrogens is 316 g/mol. The van der Waals surface area contributed by atoms with Crippen molar-refractivity contribution in [1.82, 2.24) is 9.88 Å². The average Bonchev–Trinajstić information content (AvgIpc) is 3.21. The normalized spacial score (nSPS) is 17.3. The number of nitrogens with one attached hydrogen (secondary N) is 1. The van der Waals surface area contributed by atoms with Crippen LogP contribution < -0.4 is 5.32 Å². The molecule has 0 spiro atoms. The van der Waals surface area contributed by atoms with E-state index in [-0.39, 0.29) is 6.73 Å². The van der Waals surface area contributed by atoms with E-state index in [1.54, 1.807) is 0 Å². The highest BCUT2D eigenvalue weighted by Crippen LogP contribution is 2.42. The number of nitrogens with zero attached hydrogens (tertiary/aromatic N) is 1. The van der Waals surface area contributed by atoms with Crippen LogP contribution in [-0.2, 0) is 17.0 Å². The lowest BCUT2D eigenvalue weighted by Crippen LogP contribution is -2.47. The molecule has 1 unspecified atom stereocenters. The number of alkyl carbamates (subject to hydrolysis) is 1. The molecule has 2 N–H and O–H groups in total. The second-order valence-corrected chi connectivity index (χ2v) is 8.26. The van der Waals surface area contributed by atoms with E-state index >= 15 is 0 Å². The summed E-state index contributed by atoms with van der Waals surface area (Å²) in [7, 11) is 0. The highest BCUT2D eigenvalue weighted by molar-refractivity contribution is 5.82. The molecule has 1 fully saturated rings. The molecule has 1 aromatic carbocycles. The first-order valence-electron chi connectivity index (χ1n) is 8.93. The summed E-state index contributed by atoms with van der Waals surface area (Å²) in [6.45, 7) is 7.47. The number of carbonyl (C=O) groups is 1. The Morgan fingerprint density at radius 3 is 2.56 bits per heavy atom. The van der Waals surface area contributed by atoms with Crippen LogP contribution in [0.1, 0.15) is 52.7 Å². The first-order chi connectivity index (χ1) is 11.7. The summed E-state index contributed by atoms with van der Waals surface area (Å²) in [6.07, 6.45) is 2.78. The van der Waals surface area contributed by atoms with Crippen molar-refractivity contribution in [1.29, 1.82) is 0 Å². The highest BCUT2D eigenvalue weighted by atomic mass is 16.6. The van der Waals surface area contributed by atoms with Crippen molar-refractivity contribution in [3.63, 3.8) is 0 Å². The van der Waals surface area contributed by atoms with Crippen molar-refractivity contribution in [3.8, 4) is 0 Å². The Balaban J connectivity index is 1.98. The van der Waals surface area contributed by atoms with Gasteiger partial charge in [0.1, 0.15) is 12.3 Å². The molecule has 5 heteroatoms. The SMILES string of the molecule is CC(C)(C)OC(=O)NC(C)(CC1CC1)c1cc2ccccc2n1CO. The van der Waals surface area contributed by atoms with Crippen molar-refractivity contribution < 1.29 is 14.6 Å². The molecule has 1 amide bonds. The summed E-state index contributed by atoms with van der Waals surface area (Å²) >= 11 is 0. The standard InChI is InChI=1S/C20H28N2O3/c1-19(2,3)25-18(24)21-20(4,12-14-9-10-14)17-11-15-7-5-6-8-16(15)22(17)13-23/h5-8,11,14,23H,9-10,12-13H2,1-4H3,(H,21,24). The van der Waals surface area contributed by atoms with Gasteiger partial charge >= 0.3 is 6.09 Å². The third-order valence-corrected chi connectivity index (χ3v) is 4.69. The van der Waals surface area contributed by atoms with Crippen molar-refractivity contribution >= 4 is 17.0 Å². The molecule has 0 bridgehead atoms. The predicted molar refractivity (Wildman–Crippen MR) is 98.2 cm³/mol. The van der Waals surface area contributed by atoms with Crippen molar-refractivity contribution in [3.05, 3.63) is 36.0 Å². The van der Waals surface area contributed by atoms with Gasteiger partial charge in [0.25, 0.3) is 0 Å². The van der Waals surface area contributed by atoms with E-state index in [1.165, 1.54) is 12.8 Å². The van der Waals surface area contributed by atoms with E-state index in [0.717, 1.165) is 23.0 Å². The molecule has 0 aliphatic heterocycles. The van der Waals surface area contributed by atoms with E-state index in [1.807, 2.05) is 56.5 Å². The molecule has 1 heterocycles. The Hall–Kier alpha value is -2.01. The van der Waals surface area contributed by atoms with E-state index < -0.39 is 17.2 Å². The maximum absolute atomic E-state index is 12.5. The number of carbonyl (C=O) groups excluding carboxylic acids is 1. The van der Waals surface area contributed by atoms with E-state index in [0.29, 0.717) is 5.92 Å². The predicted octanol–water partition coefficient (Wildman–Crippen LogP) is 4.13. The summed E-state index contributed by atoms with van der Waals surface area (Å²) in [6, 6.07) is 10.0. The number of para-hydroxylation sites is 1. The van der Waals surface area contributed by atoms with E-state index in [9.17, 15) is 9.90 Å². The van der Waals surface area contributed by atoms with Crippen molar-refractivity contribution in [2.75, 3.05) is 0 Å². The Morgan fingerprint density at radius 2 is 1.96 bits per heavy atom. The van der Waals surface area contributed by atoms with Crippen LogP contribution in [-0.4, -0.2) is 21.4 Å². The van der Waals surface area contributed by atoms with Gasteiger partial charge in [-0.25, -0.2) is 4.79 Å². The average molecular weight is 344 g/mol. The molecule has 5 nitrogen and oxygen atoms in total. The minimum Gasteiger partial charge on any atom is -0.444 e. The van der Waals surface area contributed by atoms with Crippen LogP contribution in [0.25, 0.3) is 10.9 Å². The van der Waals surface area contributed by atoms with Crippen LogP contribution in [0.2, 0.25) is 0 Å². The molecule has 1 aromatic heterocycles. The summed E-state index contributed by atoms with van der Waals surface area (Å²) in [5.41, 5.74) is 0.737. The van der Waals surface area contributed by atoms with E-state index in [2.05, 4.69) is 11.4 Å². The largest absolute Gasteiger partial charge is 0.444 e. The smallest absolute Gasteiger partial charge is 0.408 e. The lowest BCUT2D eigenvalue weighted by molar-refractivity contribution is 0.0443. The van der Waals surface area contributed by atoms with Crippen molar-refractivity contribution in [2.24, 2.45) is 5.92 Å². The minimum atomic E-state index is -0.592. The van der Waals surface area contributed by atoms with Crippen LogP contribution in [0, 0.1) is 5.92 Å². The summed E-state index contributed by atoms with van der Waals surface area (Å²) in [5, 5.41) is 14.1. The van der Waals surface area contributed by atoms with Gasteiger partial charge in [0, 0.05) is 11.1 Å². The van der Waals surface area contributed by atoms with Crippen LogP contribution in [0.3, 0.4) is 0 Å². The first kappa shape index (κ1) is 17.8. The van der Waals surface area contributed by atoms with E-state index in [4.69, 9.17) is 4.74 Å². The molecule has 2 aromatic rings. The molecule has 136 valence electrons. The number of hydrogen-bond donors (Lipinski definition) is 2. The Labute approximate surface area is 149 Å². The van der Waals surface area contributed by atoms with Crippen molar-refractivity contribution in [2.45, 2.75) is 64.8 Å². The zero-order valence-electron chi connectivity index (χ0n) is 15.5. The number of benzene rings is 1. The maximum Gasteiger partial charge on any atom is 0.408 e. The van der Waals surface area contributed by atoms with Crippen LogP contribution >= 0.6 is 0 Å². The minimum absolute atomic E-state index is 0.126. The fourth-order valence-corrected chi connectivity index (χ4v) is 3.47. The number of rotatable bonds is 5. The number of ether oxygens (including phenoxy) is 1. The number of aliphatic hydroxyl groups excluding tert-OH is 1. The first-order valence-corrected chi connectivity index (χ1v) is 8.93. The maximum atomic E-state index is 12.5. The lowest BCUT2D eigenvalue weighted by Gasteiger charge is -2.33. The molecule has 1 atom stereocenters. The number of fused-ring (bicyclic) bond motifs is 1. The monoisotopic (exact) mass is 344 g/mol. The zero-order valence-corrected chi connectivity index (χ0v) is 15.5. The molecule has 1 saturated carbocycles. The Morgan fingerprint density at radius 1 is 1.28 bits per heavy atom. The molecule has 0 saturated heterocycles. The molecule has 1 aliphatic carbocycles. The summed E-state index contributed by atoms with van der Waals surface area (Å²) in [4.78, 5) is 12.5. The highest BCUT2D eigenvalue weighted by Gasteiger charge is 2.39. The number of amides is 1. The molecule has 25 heavy (non-hydrogen) atoms. The van der Waals surface area contributed by atoms with Gasteiger partial charge in [-0.3, -0.25) is 0 Å². The molecule has 3 rings (SSSR count). The van der Waals surface area contributed by atoms with Gasteiger partial charge in [0.05, 0.1) is 11.1 Å². The third-order valence-electron chi connectivity index (χ3n) is 4.69. The molecular formula is C20H28N2O3. The zero-order chi connectivity index (χ0) is 18.2. The molecule has 1 aliphatic rings. The molecule has 0 radical (unpaired) electrons. The Kier molecular flexibility index (Phi) is 4.54. The van der Waals surface area contributed by atoms with Crippen LogP contribution in [0.4, 0.5) is 4.79 Å². The van der Waals surface area contributed by atoms with Gasteiger partial charge < -0.3 is 19.7 Å². The second kappa shape index (κ2) is 6.37. The summed E-state index contributed by atoms with van der Waals surface area (Å²) in [5.74, 6) is 0.602. The Bertz CT molecular complexity index is 771. The van der Waals surface area contributed by atoms with Gasteiger partial charge in [-0.15, -0.1) is 0 Å². The van der Waals surface area contributed by atoms with Gasteiger partial charge in [0.2, 0.25) is 0 Å². The van der Waals surface area contributed by atoms with Gasteiger partial charge in [-0.1, -0.05) is 31.0 Å². The fourth-order valence-electron chi connectivity index (χ4n) is 3.47. The van der Waals surface area contributed by atoms with Crippen LogP contribution in [0.5, 0.6) is 0 Å². The number of aliphatic hydroxyl groups is 1. The third kappa shape index (κ3) is 3.98. The van der Waals surface area contributed by atoms with Crippen LogP contribution in [0.15, 0.2) is 30.3 Å². The number of hydrogen-bond acceptors (Lipinski definition) is 3. The lowest BCUT2D eigenvalue weighted by atomic mass is 9.90. The van der Waals surface area contributed by atoms with Gasteiger partial charge in [0.15, 0.2) is 0 Å². The second-order valence-electron chi connectivity index (χ2n) is 8.26. The topological polar surface area (TPSA) is 63.5 Å². The summed E-state index contributed by atoms with van der Waals surface area (Å²) < 4.78 is 7.35. The fraction of sp³-hybridized carbons (Fsp3) is 0.550. The van der Waals surface area contributed by atoms with Gasteiger partial charge in [-0.2, -0.15) is 0 Å². The number of aromatic nitrogens is 1. The van der Waals surface area contributed by atoms with Gasteiger partial charge in [-0.05, 0) is 52.2 Å². The quantitative estimate of drug-likeness (QED) is 0.857.